The minimum absolute atomic E-state index is 0.444. The van der Waals surface area contributed by atoms with E-state index in [0.29, 0.717) is 12.1 Å². The van der Waals surface area contributed by atoms with Gasteiger partial charge in [0, 0.05) is 18.6 Å². The molecule has 0 aromatic heterocycles. The zero-order valence-corrected chi connectivity index (χ0v) is 14.0. The van der Waals surface area contributed by atoms with Crippen molar-refractivity contribution in [1.82, 2.24) is 10.2 Å². The van der Waals surface area contributed by atoms with Crippen LogP contribution in [0.2, 0.25) is 0 Å². The highest BCUT2D eigenvalue weighted by Gasteiger charge is 2.20. The molecule has 1 aliphatic heterocycles. The average Bonchev–Trinajstić information content (AvgIpc) is 2.46. The first-order valence-electron chi connectivity index (χ1n) is 8.23. The maximum atomic E-state index is 3.81. The van der Waals surface area contributed by atoms with E-state index in [1.807, 2.05) is 0 Å². The Bertz CT molecular complexity index is 466. The van der Waals surface area contributed by atoms with Crippen molar-refractivity contribution in [3.8, 4) is 0 Å². The van der Waals surface area contributed by atoms with Crippen LogP contribution < -0.4 is 5.32 Å². The maximum absolute atomic E-state index is 3.81. The van der Waals surface area contributed by atoms with Crippen molar-refractivity contribution in [2.24, 2.45) is 0 Å². The molecule has 0 bridgehead atoms. The van der Waals surface area contributed by atoms with E-state index in [2.05, 4.69) is 68.3 Å². The molecule has 1 aromatic rings. The SMILES string of the molecule is CC(C)=CCN1CCC(N[C@@H](C)c2cccc(C)c2)CC1. The molecule has 0 unspecified atom stereocenters. The zero-order valence-electron chi connectivity index (χ0n) is 14.0. The van der Waals surface area contributed by atoms with Gasteiger partial charge in [0.15, 0.2) is 0 Å². The minimum atomic E-state index is 0.444. The van der Waals surface area contributed by atoms with Gasteiger partial charge < -0.3 is 5.32 Å². The Morgan fingerprint density at radius 1 is 1.33 bits per heavy atom. The van der Waals surface area contributed by atoms with E-state index >= 15 is 0 Å². The second-order valence-corrected chi connectivity index (χ2v) is 6.66. The predicted molar refractivity (Wildman–Crippen MR) is 91.6 cm³/mol. The topological polar surface area (TPSA) is 15.3 Å². The number of nitrogens with zero attached hydrogens (tertiary/aromatic N) is 1. The predicted octanol–water partition coefficient (Wildman–Crippen LogP) is 4.08. The lowest BCUT2D eigenvalue weighted by Crippen LogP contribution is -2.43. The highest BCUT2D eigenvalue weighted by Crippen LogP contribution is 2.18. The molecule has 1 aromatic carbocycles. The van der Waals surface area contributed by atoms with Crippen LogP contribution in [-0.4, -0.2) is 30.6 Å². The van der Waals surface area contributed by atoms with Gasteiger partial charge in [0.05, 0.1) is 0 Å². The van der Waals surface area contributed by atoms with Crippen molar-refractivity contribution in [2.45, 2.75) is 52.6 Å². The molecule has 116 valence electrons. The Balaban J connectivity index is 1.79. The molecule has 1 heterocycles. The summed E-state index contributed by atoms with van der Waals surface area (Å²) in [5.41, 5.74) is 4.17. The van der Waals surface area contributed by atoms with Crippen LogP contribution in [0.3, 0.4) is 0 Å². The van der Waals surface area contributed by atoms with Crippen LogP contribution in [0.15, 0.2) is 35.9 Å². The Morgan fingerprint density at radius 3 is 2.67 bits per heavy atom. The Hall–Kier alpha value is -1.12. The smallest absolute Gasteiger partial charge is 0.0294 e. The van der Waals surface area contributed by atoms with E-state index in [1.54, 1.807) is 0 Å². The quantitative estimate of drug-likeness (QED) is 0.821. The molecule has 0 amide bonds. The average molecular weight is 286 g/mol. The number of likely N-dealkylation sites (tertiary alicyclic amines) is 1. The summed E-state index contributed by atoms with van der Waals surface area (Å²) in [4.78, 5) is 2.56. The Morgan fingerprint density at radius 2 is 2.05 bits per heavy atom. The molecule has 2 rings (SSSR count). The molecule has 1 atom stereocenters. The normalized spacial score (nSPS) is 18.5. The van der Waals surface area contributed by atoms with Gasteiger partial charge in [-0.2, -0.15) is 0 Å². The van der Waals surface area contributed by atoms with Gasteiger partial charge in [-0.15, -0.1) is 0 Å². The number of hydrogen-bond donors (Lipinski definition) is 1. The van der Waals surface area contributed by atoms with Crippen molar-refractivity contribution >= 4 is 0 Å². The number of allylic oxidation sites excluding steroid dienone is 1. The molecule has 1 aliphatic rings. The summed E-state index contributed by atoms with van der Waals surface area (Å²) in [5.74, 6) is 0. The number of piperidine rings is 1. The number of benzene rings is 1. The lowest BCUT2D eigenvalue weighted by molar-refractivity contribution is 0.208. The third-order valence-electron chi connectivity index (χ3n) is 4.37. The summed E-state index contributed by atoms with van der Waals surface area (Å²) in [6, 6.07) is 9.95. The summed E-state index contributed by atoms with van der Waals surface area (Å²) in [6.07, 6.45) is 4.85. The molecule has 1 fully saturated rings. The molecule has 21 heavy (non-hydrogen) atoms. The standard InChI is InChI=1S/C19H30N2/c1-15(2)8-11-21-12-9-19(10-13-21)20-17(4)18-7-5-6-16(3)14-18/h5-8,14,17,19-20H,9-13H2,1-4H3/t17-/m0/s1. The number of rotatable bonds is 5. The largest absolute Gasteiger partial charge is 0.307 e. The van der Waals surface area contributed by atoms with Crippen LogP contribution >= 0.6 is 0 Å². The van der Waals surface area contributed by atoms with Crippen LogP contribution in [0, 0.1) is 6.92 Å². The first-order chi connectivity index (χ1) is 10.0. The zero-order chi connectivity index (χ0) is 15.2. The van der Waals surface area contributed by atoms with Gasteiger partial charge in [0.25, 0.3) is 0 Å². The third kappa shape index (κ3) is 5.29. The van der Waals surface area contributed by atoms with Gasteiger partial charge in [0.2, 0.25) is 0 Å². The van der Waals surface area contributed by atoms with E-state index in [0.717, 1.165) is 6.54 Å². The molecule has 1 saturated heterocycles. The molecule has 0 radical (unpaired) electrons. The monoisotopic (exact) mass is 286 g/mol. The second kappa shape index (κ2) is 7.77. The minimum Gasteiger partial charge on any atom is -0.307 e. The fourth-order valence-electron chi connectivity index (χ4n) is 2.98. The fraction of sp³-hybridized carbons (Fsp3) is 0.579. The highest BCUT2D eigenvalue weighted by molar-refractivity contribution is 5.24. The molecule has 0 aliphatic carbocycles. The first-order valence-corrected chi connectivity index (χ1v) is 8.23. The van der Waals surface area contributed by atoms with Crippen LogP contribution in [0.5, 0.6) is 0 Å². The van der Waals surface area contributed by atoms with Crippen molar-refractivity contribution in [3.63, 3.8) is 0 Å². The number of aryl methyl sites for hydroxylation is 1. The van der Waals surface area contributed by atoms with Crippen LogP contribution in [0.4, 0.5) is 0 Å². The number of nitrogens with one attached hydrogen (secondary N) is 1. The lowest BCUT2D eigenvalue weighted by atomic mass is 10.0. The van der Waals surface area contributed by atoms with E-state index in [1.165, 1.54) is 42.6 Å². The molecular formula is C19H30N2. The van der Waals surface area contributed by atoms with Gasteiger partial charge in [-0.3, -0.25) is 4.90 Å². The summed E-state index contributed by atoms with van der Waals surface area (Å²) >= 11 is 0. The fourth-order valence-corrected chi connectivity index (χ4v) is 2.98. The van der Waals surface area contributed by atoms with Crippen molar-refractivity contribution in [1.29, 1.82) is 0 Å². The summed E-state index contributed by atoms with van der Waals surface area (Å²) < 4.78 is 0. The molecular weight excluding hydrogens is 256 g/mol. The molecule has 1 N–H and O–H groups in total. The van der Waals surface area contributed by atoms with Crippen LogP contribution in [-0.2, 0) is 0 Å². The molecule has 2 nitrogen and oxygen atoms in total. The summed E-state index contributed by atoms with van der Waals surface area (Å²) in [5, 5.41) is 3.81. The van der Waals surface area contributed by atoms with Crippen molar-refractivity contribution in [2.75, 3.05) is 19.6 Å². The van der Waals surface area contributed by atoms with Gasteiger partial charge >= 0.3 is 0 Å². The van der Waals surface area contributed by atoms with Gasteiger partial charge in [-0.1, -0.05) is 41.5 Å². The van der Waals surface area contributed by atoms with E-state index in [4.69, 9.17) is 0 Å². The van der Waals surface area contributed by atoms with Crippen molar-refractivity contribution in [3.05, 3.63) is 47.0 Å². The van der Waals surface area contributed by atoms with Crippen molar-refractivity contribution < 1.29 is 0 Å². The van der Waals surface area contributed by atoms with Crippen LogP contribution in [0.25, 0.3) is 0 Å². The van der Waals surface area contributed by atoms with Gasteiger partial charge in [0.1, 0.15) is 0 Å². The summed E-state index contributed by atoms with van der Waals surface area (Å²) in [6.45, 7) is 12.3. The Kier molecular flexibility index (Phi) is 6.01. The molecule has 0 saturated carbocycles. The maximum Gasteiger partial charge on any atom is 0.0294 e. The lowest BCUT2D eigenvalue weighted by Gasteiger charge is -2.33. The summed E-state index contributed by atoms with van der Waals surface area (Å²) in [7, 11) is 0. The number of hydrogen-bond acceptors (Lipinski definition) is 2. The van der Waals surface area contributed by atoms with Crippen LogP contribution in [0.1, 0.15) is 50.8 Å². The Labute approximate surface area is 130 Å². The highest BCUT2D eigenvalue weighted by atomic mass is 15.1. The van der Waals surface area contributed by atoms with E-state index in [9.17, 15) is 0 Å². The molecule has 0 spiro atoms. The van der Waals surface area contributed by atoms with E-state index < -0.39 is 0 Å². The van der Waals surface area contributed by atoms with E-state index in [-0.39, 0.29) is 0 Å². The first kappa shape index (κ1) is 16.3. The molecule has 2 heteroatoms. The van der Waals surface area contributed by atoms with Gasteiger partial charge in [-0.25, -0.2) is 0 Å². The second-order valence-electron chi connectivity index (χ2n) is 6.66. The third-order valence-corrected chi connectivity index (χ3v) is 4.37. The van der Waals surface area contributed by atoms with Gasteiger partial charge in [-0.05, 0) is 59.2 Å².